The van der Waals surface area contributed by atoms with E-state index in [1.54, 1.807) is 20.8 Å². The number of anilines is 1. The number of benzene rings is 1. The summed E-state index contributed by atoms with van der Waals surface area (Å²) in [6.07, 6.45) is 0. The summed E-state index contributed by atoms with van der Waals surface area (Å²) < 4.78 is 13.1. The van der Waals surface area contributed by atoms with Crippen LogP contribution in [0.3, 0.4) is 0 Å². The summed E-state index contributed by atoms with van der Waals surface area (Å²) in [7, 11) is 0. The van der Waals surface area contributed by atoms with Gasteiger partial charge in [-0.25, -0.2) is 4.39 Å². The van der Waals surface area contributed by atoms with Crippen molar-refractivity contribution in [1.82, 2.24) is 0 Å². The number of halogens is 1. The van der Waals surface area contributed by atoms with Crippen molar-refractivity contribution in [2.75, 3.05) is 5.32 Å². The van der Waals surface area contributed by atoms with Gasteiger partial charge in [0.1, 0.15) is 11.5 Å². The van der Waals surface area contributed by atoms with Gasteiger partial charge in [0.2, 0.25) is 5.91 Å². The summed E-state index contributed by atoms with van der Waals surface area (Å²) in [5.74, 6) is -1.27. The third kappa shape index (κ3) is 3.72. The van der Waals surface area contributed by atoms with E-state index < -0.39 is 28.1 Å². The van der Waals surface area contributed by atoms with Crippen LogP contribution in [0.5, 0.6) is 0 Å². The molecule has 0 bridgehead atoms. The van der Waals surface area contributed by atoms with Crippen molar-refractivity contribution in [3.8, 4) is 0 Å². The highest BCUT2D eigenvalue weighted by molar-refractivity contribution is 5.97. The molecule has 104 valence electrons. The number of hydrogen-bond donors (Lipinski definition) is 2. The molecule has 3 N–H and O–H groups in total. The number of carbonyl (C=O) groups is 1. The molecule has 1 aromatic carbocycles. The fourth-order valence-corrected chi connectivity index (χ4v) is 1.37. The first-order valence-corrected chi connectivity index (χ1v) is 5.63. The van der Waals surface area contributed by atoms with E-state index in [-0.39, 0.29) is 11.4 Å². The zero-order valence-corrected chi connectivity index (χ0v) is 10.9. The van der Waals surface area contributed by atoms with E-state index in [9.17, 15) is 19.3 Å². The Morgan fingerprint density at radius 3 is 2.53 bits per heavy atom. The summed E-state index contributed by atoms with van der Waals surface area (Å²) in [6.45, 7) is 5.28. The maximum Gasteiger partial charge on any atom is 0.292 e. The average molecular weight is 269 g/mol. The van der Waals surface area contributed by atoms with E-state index in [0.29, 0.717) is 0 Å². The molecule has 7 heteroatoms. The van der Waals surface area contributed by atoms with Gasteiger partial charge in [-0.1, -0.05) is 20.8 Å². The minimum atomic E-state index is -0.865. The molecule has 19 heavy (non-hydrogen) atoms. The van der Waals surface area contributed by atoms with Crippen molar-refractivity contribution in [3.05, 3.63) is 34.1 Å². The second-order valence-electron chi connectivity index (χ2n) is 5.25. The van der Waals surface area contributed by atoms with Crippen LogP contribution in [0.1, 0.15) is 20.8 Å². The summed E-state index contributed by atoms with van der Waals surface area (Å²) in [5.41, 5.74) is 4.64. The smallest absolute Gasteiger partial charge is 0.292 e. The number of amides is 1. The topological polar surface area (TPSA) is 98.3 Å². The van der Waals surface area contributed by atoms with Crippen LogP contribution >= 0.6 is 0 Å². The molecule has 0 saturated carbocycles. The minimum Gasteiger partial charge on any atom is -0.319 e. The average Bonchev–Trinajstić information content (AvgIpc) is 2.26. The normalized spacial score (nSPS) is 12.9. The molecule has 1 aromatic rings. The molecule has 0 aliphatic carbocycles. The number of nitro benzene ring substituents is 1. The lowest BCUT2D eigenvalue weighted by Crippen LogP contribution is -2.45. The summed E-state index contributed by atoms with van der Waals surface area (Å²) in [6, 6.07) is 1.98. The molecule has 0 aromatic heterocycles. The molecule has 0 aliphatic heterocycles. The summed E-state index contributed by atoms with van der Waals surface area (Å²) in [5, 5.41) is 13.1. The molecule has 1 amide bonds. The maximum absolute atomic E-state index is 13.1. The molecular weight excluding hydrogens is 253 g/mol. The van der Waals surface area contributed by atoms with Crippen LogP contribution in [0.4, 0.5) is 15.8 Å². The van der Waals surface area contributed by atoms with E-state index in [1.165, 1.54) is 0 Å². The van der Waals surface area contributed by atoms with Gasteiger partial charge in [0.05, 0.1) is 11.0 Å². The summed E-state index contributed by atoms with van der Waals surface area (Å²) >= 11 is 0. The Morgan fingerprint density at radius 2 is 2.05 bits per heavy atom. The van der Waals surface area contributed by atoms with Crippen LogP contribution in [-0.2, 0) is 4.79 Å². The van der Waals surface area contributed by atoms with Gasteiger partial charge in [-0.15, -0.1) is 0 Å². The fourth-order valence-electron chi connectivity index (χ4n) is 1.37. The molecule has 1 unspecified atom stereocenters. The zero-order valence-electron chi connectivity index (χ0n) is 10.9. The first kappa shape index (κ1) is 15.0. The van der Waals surface area contributed by atoms with Crippen LogP contribution in [0.25, 0.3) is 0 Å². The quantitative estimate of drug-likeness (QED) is 0.648. The Hall–Kier alpha value is -2.02. The molecule has 0 heterocycles. The van der Waals surface area contributed by atoms with Crippen molar-refractivity contribution >= 4 is 17.3 Å². The second kappa shape index (κ2) is 5.31. The van der Waals surface area contributed by atoms with Crippen LogP contribution in [-0.4, -0.2) is 16.9 Å². The molecule has 0 fully saturated rings. The lowest BCUT2D eigenvalue weighted by molar-refractivity contribution is -0.384. The van der Waals surface area contributed by atoms with Gasteiger partial charge in [-0.3, -0.25) is 14.9 Å². The Kier molecular flexibility index (Phi) is 4.21. The number of hydrogen-bond acceptors (Lipinski definition) is 4. The first-order chi connectivity index (χ1) is 8.62. The molecule has 1 rings (SSSR count). The Labute approximate surface area is 109 Å². The van der Waals surface area contributed by atoms with Gasteiger partial charge in [-0.2, -0.15) is 0 Å². The maximum atomic E-state index is 13.1. The van der Waals surface area contributed by atoms with Gasteiger partial charge in [0, 0.05) is 12.1 Å². The van der Waals surface area contributed by atoms with Crippen molar-refractivity contribution in [1.29, 1.82) is 0 Å². The fraction of sp³-hybridized carbons (Fsp3) is 0.417. The highest BCUT2D eigenvalue weighted by Gasteiger charge is 2.29. The zero-order chi connectivity index (χ0) is 14.8. The molecule has 0 spiro atoms. The van der Waals surface area contributed by atoms with E-state index in [4.69, 9.17) is 5.73 Å². The predicted octanol–water partition coefficient (Wildman–Crippen LogP) is 2.05. The van der Waals surface area contributed by atoms with Crippen LogP contribution in [0.15, 0.2) is 18.2 Å². The molecule has 0 aliphatic rings. The Bertz CT molecular complexity index is 511. The Morgan fingerprint density at radius 1 is 1.47 bits per heavy atom. The largest absolute Gasteiger partial charge is 0.319 e. The molecule has 0 saturated heterocycles. The van der Waals surface area contributed by atoms with Gasteiger partial charge < -0.3 is 11.1 Å². The van der Waals surface area contributed by atoms with E-state index in [1.807, 2.05) is 0 Å². The number of nitrogens with two attached hydrogens (primary N) is 1. The monoisotopic (exact) mass is 269 g/mol. The van der Waals surface area contributed by atoms with E-state index in [2.05, 4.69) is 5.32 Å². The molecule has 1 atom stereocenters. The van der Waals surface area contributed by atoms with Crippen molar-refractivity contribution in [2.24, 2.45) is 11.1 Å². The van der Waals surface area contributed by atoms with E-state index in [0.717, 1.165) is 18.2 Å². The van der Waals surface area contributed by atoms with Crippen molar-refractivity contribution in [2.45, 2.75) is 26.8 Å². The van der Waals surface area contributed by atoms with E-state index >= 15 is 0 Å². The predicted molar refractivity (Wildman–Crippen MR) is 69.1 cm³/mol. The third-order valence-corrected chi connectivity index (χ3v) is 2.63. The van der Waals surface area contributed by atoms with Crippen molar-refractivity contribution < 1.29 is 14.1 Å². The third-order valence-electron chi connectivity index (χ3n) is 2.63. The first-order valence-electron chi connectivity index (χ1n) is 5.63. The number of nitro groups is 1. The number of rotatable bonds is 3. The van der Waals surface area contributed by atoms with Crippen molar-refractivity contribution in [3.63, 3.8) is 0 Å². The molecule has 0 radical (unpaired) electrons. The number of carbonyl (C=O) groups excluding carboxylic acids is 1. The van der Waals surface area contributed by atoms with Gasteiger partial charge in [-0.05, 0) is 11.5 Å². The van der Waals surface area contributed by atoms with Crippen LogP contribution in [0, 0.1) is 21.3 Å². The molecular formula is C12H16FN3O3. The molecule has 6 nitrogen and oxygen atoms in total. The van der Waals surface area contributed by atoms with Crippen LogP contribution < -0.4 is 11.1 Å². The SMILES string of the molecule is CC(C)(C)C(N)C(=O)Nc1cc(F)ccc1[N+](=O)[O-]. The lowest BCUT2D eigenvalue weighted by atomic mass is 9.87. The highest BCUT2D eigenvalue weighted by atomic mass is 19.1. The van der Waals surface area contributed by atoms with Gasteiger partial charge in [0.25, 0.3) is 5.69 Å². The lowest BCUT2D eigenvalue weighted by Gasteiger charge is -2.25. The highest BCUT2D eigenvalue weighted by Crippen LogP contribution is 2.26. The van der Waals surface area contributed by atoms with Gasteiger partial charge in [0.15, 0.2) is 0 Å². The Balaban J connectivity index is 3.02. The number of nitrogens with one attached hydrogen (secondary N) is 1. The summed E-state index contributed by atoms with van der Waals surface area (Å²) in [4.78, 5) is 21.9. The minimum absolute atomic E-state index is 0.199. The van der Waals surface area contributed by atoms with Gasteiger partial charge >= 0.3 is 0 Å². The number of nitrogens with zero attached hydrogens (tertiary/aromatic N) is 1. The second-order valence-corrected chi connectivity index (χ2v) is 5.25. The van der Waals surface area contributed by atoms with Crippen LogP contribution in [0.2, 0.25) is 0 Å². The standard InChI is InChI=1S/C12H16FN3O3/c1-12(2,3)10(14)11(17)15-8-6-7(13)4-5-9(8)16(18)19/h4-6,10H,14H2,1-3H3,(H,15,17).